The van der Waals surface area contributed by atoms with Gasteiger partial charge >= 0.3 is 0 Å². The fourth-order valence-electron chi connectivity index (χ4n) is 3.92. The molecular weight excluding hydrogens is 258 g/mol. The van der Waals surface area contributed by atoms with Crippen LogP contribution in [0, 0.1) is 0 Å². The van der Waals surface area contributed by atoms with Crippen molar-refractivity contribution in [1.29, 1.82) is 0 Å². The minimum absolute atomic E-state index is 0.268. The molecule has 3 heteroatoms. The van der Waals surface area contributed by atoms with Gasteiger partial charge in [0.2, 0.25) is 0 Å². The summed E-state index contributed by atoms with van der Waals surface area (Å²) in [7, 11) is 0. The van der Waals surface area contributed by atoms with Gasteiger partial charge in [0.1, 0.15) is 0 Å². The molecule has 1 aliphatic heterocycles. The predicted molar refractivity (Wildman–Crippen MR) is 89.0 cm³/mol. The summed E-state index contributed by atoms with van der Waals surface area (Å²) in [4.78, 5) is 8.28. The van der Waals surface area contributed by atoms with Crippen molar-refractivity contribution in [2.45, 2.75) is 57.7 Å². The first-order valence-electron chi connectivity index (χ1n) is 7.81. The van der Waals surface area contributed by atoms with E-state index in [-0.39, 0.29) is 11.1 Å². The summed E-state index contributed by atoms with van der Waals surface area (Å²) in [5, 5.41) is 3.74. The van der Waals surface area contributed by atoms with Gasteiger partial charge < -0.3 is 10.3 Å². The zero-order valence-corrected chi connectivity index (χ0v) is 13.5. The minimum Gasteiger partial charge on any atom is -0.354 e. The normalized spacial score (nSPS) is 22.1. The number of aromatic nitrogens is 1. The summed E-state index contributed by atoms with van der Waals surface area (Å²) in [5.74, 6) is 0. The zero-order chi connectivity index (χ0) is 15.1. The molecule has 0 spiro atoms. The molecule has 3 rings (SSSR count). The molecule has 0 radical (unpaired) electrons. The SMILES string of the molecule is CC1(C)CC(N=Cc2cc3ccccc3[nH]2)CC(C)(C)[NH2+]1. The van der Waals surface area contributed by atoms with Gasteiger partial charge in [0.15, 0.2) is 0 Å². The van der Waals surface area contributed by atoms with Crippen molar-refractivity contribution in [2.75, 3.05) is 0 Å². The molecule has 3 N–H and O–H groups in total. The van der Waals surface area contributed by atoms with E-state index >= 15 is 0 Å². The lowest BCUT2D eigenvalue weighted by Crippen LogP contribution is -3.05. The van der Waals surface area contributed by atoms with Crippen molar-refractivity contribution >= 4 is 17.1 Å². The van der Waals surface area contributed by atoms with E-state index in [0.717, 1.165) is 18.5 Å². The second-order valence-corrected chi connectivity index (χ2v) is 7.77. The number of aromatic amines is 1. The number of nitrogens with one attached hydrogen (secondary N) is 1. The number of hydrogen-bond donors (Lipinski definition) is 2. The van der Waals surface area contributed by atoms with E-state index in [1.807, 2.05) is 6.21 Å². The lowest BCUT2D eigenvalue weighted by Gasteiger charge is -2.41. The number of nitrogens with zero attached hydrogens (tertiary/aromatic N) is 1. The predicted octanol–water partition coefficient (Wildman–Crippen LogP) is 2.87. The molecule has 1 fully saturated rings. The minimum atomic E-state index is 0.268. The second-order valence-electron chi connectivity index (χ2n) is 7.77. The Bertz CT molecular complexity index is 615. The number of benzene rings is 1. The third kappa shape index (κ3) is 3.35. The van der Waals surface area contributed by atoms with Gasteiger partial charge in [-0.1, -0.05) is 18.2 Å². The van der Waals surface area contributed by atoms with E-state index in [9.17, 15) is 0 Å². The molecule has 2 aromatic rings. The molecule has 21 heavy (non-hydrogen) atoms. The number of piperidine rings is 1. The molecule has 0 atom stereocenters. The Hall–Kier alpha value is -1.61. The fraction of sp³-hybridized carbons (Fsp3) is 0.500. The number of hydrogen-bond acceptors (Lipinski definition) is 1. The highest BCUT2D eigenvalue weighted by atomic mass is 15.1. The van der Waals surface area contributed by atoms with E-state index < -0.39 is 0 Å². The van der Waals surface area contributed by atoms with Crippen LogP contribution in [0.3, 0.4) is 0 Å². The maximum Gasteiger partial charge on any atom is 0.0929 e. The maximum absolute atomic E-state index is 4.86. The van der Waals surface area contributed by atoms with Crippen LogP contribution in [0.15, 0.2) is 35.3 Å². The molecule has 1 aliphatic rings. The fourth-order valence-corrected chi connectivity index (χ4v) is 3.92. The molecular formula is C18H26N3+. The standard InChI is InChI=1S/C18H25N3/c1-17(2)10-15(11-18(3,4)21-17)19-12-14-9-13-7-5-6-8-16(13)20-14/h5-9,12,15,20-21H,10-11H2,1-4H3/p+1. The number of aliphatic imine (C=N–C) groups is 1. The van der Waals surface area contributed by atoms with Crippen LogP contribution in [0.5, 0.6) is 0 Å². The first-order chi connectivity index (χ1) is 9.83. The Morgan fingerprint density at radius 1 is 1.14 bits per heavy atom. The number of nitrogens with two attached hydrogens (primary N) is 1. The summed E-state index contributed by atoms with van der Waals surface area (Å²) in [6, 6.07) is 10.9. The van der Waals surface area contributed by atoms with Crippen molar-refractivity contribution in [3.05, 3.63) is 36.0 Å². The summed E-state index contributed by atoms with van der Waals surface area (Å²) < 4.78 is 0. The van der Waals surface area contributed by atoms with Gasteiger partial charge in [-0.3, -0.25) is 4.99 Å². The molecule has 1 aromatic carbocycles. The molecule has 1 saturated heterocycles. The topological polar surface area (TPSA) is 44.8 Å². The summed E-state index contributed by atoms with van der Waals surface area (Å²) in [6.07, 6.45) is 4.28. The highest BCUT2D eigenvalue weighted by Crippen LogP contribution is 2.24. The number of H-pyrrole nitrogens is 1. The van der Waals surface area contributed by atoms with Crippen LogP contribution in [0.1, 0.15) is 46.2 Å². The molecule has 3 nitrogen and oxygen atoms in total. The average molecular weight is 284 g/mol. The number of quaternary nitrogens is 1. The van der Waals surface area contributed by atoms with Crippen LogP contribution in [0.2, 0.25) is 0 Å². The van der Waals surface area contributed by atoms with Crippen LogP contribution >= 0.6 is 0 Å². The van der Waals surface area contributed by atoms with E-state index in [0.29, 0.717) is 6.04 Å². The van der Waals surface area contributed by atoms with Crippen LogP contribution in [0.25, 0.3) is 10.9 Å². The van der Waals surface area contributed by atoms with Crippen molar-refractivity contribution < 1.29 is 5.32 Å². The van der Waals surface area contributed by atoms with Crippen molar-refractivity contribution in [2.24, 2.45) is 4.99 Å². The lowest BCUT2D eigenvalue weighted by molar-refractivity contribution is -0.787. The highest BCUT2D eigenvalue weighted by molar-refractivity contribution is 5.89. The van der Waals surface area contributed by atoms with Gasteiger partial charge in [0, 0.05) is 30.0 Å². The molecule has 0 unspecified atom stereocenters. The monoisotopic (exact) mass is 284 g/mol. The van der Waals surface area contributed by atoms with Crippen LogP contribution in [0.4, 0.5) is 0 Å². The molecule has 0 bridgehead atoms. The molecule has 2 heterocycles. The largest absolute Gasteiger partial charge is 0.354 e. The Balaban J connectivity index is 1.78. The Morgan fingerprint density at radius 3 is 2.48 bits per heavy atom. The van der Waals surface area contributed by atoms with E-state index in [1.165, 1.54) is 10.9 Å². The molecule has 1 aromatic heterocycles. The van der Waals surface area contributed by atoms with Gasteiger partial charge in [-0.25, -0.2) is 0 Å². The Labute approximate surface area is 126 Å². The first kappa shape index (κ1) is 14.3. The third-order valence-corrected chi connectivity index (χ3v) is 4.28. The van der Waals surface area contributed by atoms with Gasteiger partial charge in [-0.15, -0.1) is 0 Å². The van der Waals surface area contributed by atoms with Gasteiger partial charge in [0.05, 0.1) is 22.8 Å². The Morgan fingerprint density at radius 2 is 1.81 bits per heavy atom. The third-order valence-electron chi connectivity index (χ3n) is 4.28. The van der Waals surface area contributed by atoms with Gasteiger partial charge in [0.25, 0.3) is 0 Å². The van der Waals surface area contributed by atoms with Crippen molar-refractivity contribution in [3.63, 3.8) is 0 Å². The number of para-hydroxylation sites is 1. The molecule has 0 saturated carbocycles. The first-order valence-corrected chi connectivity index (χ1v) is 7.81. The van der Waals surface area contributed by atoms with Crippen LogP contribution in [-0.2, 0) is 0 Å². The van der Waals surface area contributed by atoms with Gasteiger partial charge in [-0.05, 0) is 39.8 Å². The van der Waals surface area contributed by atoms with Crippen molar-refractivity contribution in [3.8, 4) is 0 Å². The van der Waals surface area contributed by atoms with Crippen molar-refractivity contribution in [1.82, 2.24) is 4.98 Å². The smallest absolute Gasteiger partial charge is 0.0929 e. The maximum atomic E-state index is 4.86. The Kier molecular flexibility index (Phi) is 3.40. The van der Waals surface area contributed by atoms with E-state index in [4.69, 9.17) is 4.99 Å². The quantitative estimate of drug-likeness (QED) is 0.797. The summed E-state index contributed by atoms with van der Waals surface area (Å²) in [6.45, 7) is 9.28. The number of fused-ring (bicyclic) bond motifs is 1. The molecule has 112 valence electrons. The molecule has 0 aliphatic carbocycles. The summed E-state index contributed by atoms with van der Waals surface area (Å²) >= 11 is 0. The number of rotatable bonds is 2. The molecule has 0 amide bonds. The van der Waals surface area contributed by atoms with Crippen LogP contribution in [-0.4, -0.2) is 28.3 Å². The van der Waals surface area contributed by atoms with E-state index in [2.05, 4.69) is 68.3 Å². The van der Waals surface area contributed by atoms with Gasteiger partial charge in [-0.2, -0.15) is 0 Å². The van der Waals surface area contributed by atoms with Crippen LogP contribution < -0.4 is 5.32 Å². The lowest BCUT2D eigenvalue weighted by atomic mass is 9.80. The van der Waals surface area contributed by atoms with E-state index in [1.54, 1.807) is 0 Å². The highest BCUT2D eigenvalue weighted by Gasteiger charge is 2.41. The summed E-state index contributed by atoms with van der Waals surface area (Å²) in [5.41, 5.74) is 2.81. The zero-order valence-electron chi connectivity index (χ0n) is 13.5. The second kappa shape index (κ2) is 4.99. The average Bonchev–Trinajstić information content (AvgIpc) is 2.75.